The van der Waals surface area contributed by atoms with Gasteiger partial charge in [-0.3, -0.25) is 0 Å². The van der Waals surface area contributed by atoms with E-state index in [2.05, 4.69) is 5.32 Å². The second kappa shape index (κ2) is 6.62. The Kier molecular flexibility index (Phi) is 4.85. The fraction of sp³-hybridized carbons (Fsp3) is 0.250. The lowest BCUT2D eigenvalue weighted by Gasteiger charge is -2.20. The molecule has 1 unspecified atom stereocenters. The summed E-state index contributed by atoms with van der Waals surface area (Å²) in [6, 6.07) is 12.1. The zero-order valence-corrected chi connectivity index (χ0v) is 12.2. The number of rotatable bonds is 5. The lowest BCUT2D eigenvalue weighted by atomic mass is 10.0. The molecule has 20 heavy (non-hydrogen) atoms. The summed E-state index contributed by atoms with van der Waals surface area (Å²) in [4.78, 5) is 0. The van der Waals surface area contributed by atoms with Crippen molar-refractivity contribution in [1.82, 2.24) is 0 Å². The van der Waals surface area contributed by atoms with Gasteiger partial charge in [0.15, 0.2) is 0 Å². The number of nitrogens with one attached hydrogen (secondary N) is 1. The van der Waals surface area contributed by atoms with Crippen LogP contribution in [0.1, 0.15) is 24.9 Å². The van der Waals surface area contributed by atoms with Gasteiger partial charge in [0.1, 0.15) is 11.6 Å². The number of halogens is 2. The van der Waals surface area contributed by atoms with Gasteiger partial charge in [-0.05, 0) is 24.6 Å². The number of hydrogen-bond donors (Lipinski definition) is 1. The quantitative estimate of drug-likeness (QED) is 0.833. The molecule has 106 valence electrons. The highest BCUT2D eigenvalue weighted by atomic mass is 35.5. The Morgan fingerprint density at radius 1 is 1.25 bits per heavy atom. The summed E-state index contributed by atoms with van der Waals surface area (Å²) in [7, 11) is 1.57. The Morgan fingerprint density at radius 3 is 2.65 bits per heavy atom. The second-order valence-corrected chi connectivity index (χ2v) is 4.88. The summed E-state index contributed by atoms with van der Waals surface area (Å²) in [5.74, 6) is 0.396. The summed E-state index contributed by atoms with van der Waals surface area (Å²) < 4.78 is 19.0. The van der Waals surface area contributed by atoms with Gasteiger partial charge in [0.25, 0.3) is 0 Å². The van der Waals surface area contributed by atoms with Crippen molar-refractivity contribution in [3.8, 4) is 5.75 Å². The fourth-order valence-corrected chi connectivity index (χ4v) is 2.30. The molecular formula is C16H17ClFNO. The molecule has 0 aliphatic carbocycles. The van der Waals surface area contributed by atoms with Crippen LogP contribution in [0.3, 0.4) is 0 Å². The van der Waals surface area contributed by atoms with E-state index in [1.54, 1.807) is 25.3 Å². The monoisotopic (exact) mass is 293 g/mol. The van der Waals surface area contributed by atoms with Gasteiger partial charge in [-0.25, -0.2) is 4.39 Å². The molecule has 0 fully saturated rings. The normalized spacial score (nSPS) is 12.0. The van der Waals surface area contributed by atoms with Crippen LogP contribution in [0.4, 0.5) is 10.1 Å². The highest BCUT2D eigenvalue weighted by molar-refractivity contribution is 6.32. The molecule has 2 aromatic rings. The second-order valence-electron chi connectivity index (χ2n) is 4.48. The van der Waals surface area contributed by atoms with Gasteiger partial charge < -0.3 is 10.1 Å². The Morgan fingerprint density at radius 2 is 2.00 bits per heavy atom. The molecule has 0 heterocycles. The summed E-state index contributed by atoms with van der Waals surface area (Å²) >= 11 is 6.00. The number of ether oxygens (including phenoxy) is 1. The van der Waals surface area contributed by atoms with E-state index in [-0.39, 0.29) is 11.9 Å². The molecule has 0 bridgehead atoms. The van der Waals surface area contributed by atoms with Gasteiger partial charge in [0, 0.05) is 17.3 Å². The standard InChI is InChI=1S/C16H17ClFNO/c1-3-15(12-6-4-5-7-14(12)18)19-11-8-9-13(17)16(10-11)20-2/h4-10,15,19H,3H2,1-2H3. The van der Waals surface area contributed by atoms with Crippen molar-refractivity contribution in [3.05, 3.63) is 58.9 Å². The third kappa shape index (κ3) is 3.23. The maximum Gasteiger partial charge on any atom is 0.139 e. The molecule has 0 amide bonds. The molecule has 1 N–H and O–H groups in total. The predicted octanol–water partition coefficient (Wildman–Crippen LogP) is 5.05. The van der Waals surface area contributed by atoms with Crippen LogP contribution in [0.15, 0.2) is 42.5 Å². The van der Waals surface area contributed by atoms with Crippen molar-refractivity contribution in [2.45, 2.75) is 19.4 Å². The largest absolute Gasteiger partial charge is 0.495 e. The van der Waals surface area contributed by atoms with E-state index in [0.29, 0.717) is 16.3 Å². The van der Waals surface area contributed by atoms with Crippen LogP contribution in [0.2, 0.25) is 5.02 Å². The van der Waals surface area contributed by atoms with Crippen LogP contribution in [0.25, 0.3) is 0 Å². The Hall–Kier alpha value is -1.74. The average Bonchev–Trinajstić information content (AvgIpc) is 2.47. The molecular weight excluding hydrogens is 277 g/mol. The first-order valence-electron chi connectivity index (χ1n) is 6.50. The van der Waals surface area contributed by atoms with Gasteiger partial charge in [0.05, 0.1) is 18.2 Å². The molecule has 2 nitrogen and oxygen atoms in total. The number of methoxy groups -OCH3 is 1. The van der Waals surface area contributed by atoms with Crippen LogP contribution in [0.5, 0.6) is 5.75 Å². The van der Waals surface area contributed by atoms with E-state index >= 15 is 0 Å². The van der Waals surface area contributed by atoms with Crippen LogP contribution < -0.4 is 10.1 Å². The van der Waals surface area contributed by atoms with E-state index < -0.39 is 0 Å². The fourth-order valence-electron chi connectivity index (χ4n) is 2.11. The topological polar surface area (TPSA) is 21.3 Å². The molecule has 0 radical (unpaired) electrons. The summed E-state index contributed by atoms with van der Waals surface area (Å²) in [5.41, 5.74) is 1.50. The molecule has 2 aromatic carbocycles. The molecule has 0 aliphatic rings. The third-order valence-corrected chi connectivity index (χ3v) is 3.49. The highest BCUT2D eigenvalue weighted by Gasteiger charge is 2.14. The van der Waals surface area contributed by atoms with Crippen molar-refractivity contribution in [1.29, 1.82) is 0 Å². The van der Waals surface area contributed by atoms with E-state index in [0.717, 1.165) is 12.1 Å². The van der Waals surface area contributed by atoms with Crippen LogP contribution in [-0.4, -0.2) is 7.11 Å². The predicted molar refractivity (Wildman–Crippen MR) is 81.1 cm³/mol. The maximum absolute atomic E-state index is 13.9. The summed E-state index contributed by atoms with van der Waals surface area (Å²) in [5, 5.41) is 3.86. The smallest absolute Gasteiger partial charge is 0.139 e. The SMILES string of the molecule is CCC(Nc1ccc(Cl)c(OC)c1)c1ccccc1F. The molecule has 0 aliphatic heterocycles. The molecule has 2 rings (SSSR count). The Balaban J connectivity index is 2.25. The van der Waals surface area contributed by atoms with E-state index in [1.165, 1.54) is 6.07 Å². The van der Waals surface area contributed by atoms with Crippen LogP contribution >= 0.6 is 11.6 Å². The van der Waals surface area contributed by atoms with E-state index in [4.69, 9.17) is 16.3 Å². The van der Waals surface area contributed by atoms with Crippen molar-refractivity contribution in [2.24, 2.45) is 0 Å². The van der Waals surface area contributed by atoms with Crippen molar-refractivity contribution in [2.75, 3.05) is 12.4 Å². The van der Waals surface area contributed by atoms with Crippen molar-refractivity contribution >= 4 is 17.3 Å². The summed E-state index contributed by atoms with van der Waals surface area (Å²) in [6.45, 7) is 2.01. The zero-order valence-electron chi connectivity index (χ0n) is 11.5. The van der Waals surface area contributed by atoms with Gasteiger partial charge in [-0.2, -0.15) is 0 Å². The lowest BCUT2D eigenvalue weighted by molar-refractivity contribution is 0.415. The minimum atomic E-state index is -0.201. The Bertz CT molecular complexity index is 588. The van der Waals surface area contributed by atoms with E-state index in [9.17, 15) is 4.39 Å². The van der Waals surface area contributed by atoms with Gasteiger partial charge >= 0.3 is 0 Å². The highest BCUT2D eigenvalue weighted by Crippen LogP contribution is 2.30. The first-order valence-corrected chi connectivity index (χ1v) is 6.88. The zero-order chi connectivity index (χ0) is 14.5. The lowest BCUT2D eigenvalue weighted by Crippen LogP contribution is -2.11. The number of benzene rings is 2. The minimum Gasteiger partial charge on any atom is -0.495 e. The van der Waals surface area contributed by atoms with Gasteiger partial charge in [0.2, 0.25) is 0 Å². The van der Waals surface area contributed by atoms with Gasteiger partial charge in [-0.15, -0.1) is 0 Å². The van der Waals surface area contributed by atoms with Gasteiger partial charge in [-0.1, -0.05) is 36.7 Å². The molecule has 0 aromatic heterocycles. The molecule has 0 spiro atoms. The molecule has 1 atom stereocenters. The third-order valence-electron chi connectivity index (χ3n) is 3.18. The van der Waals surface area contributed by atoms with Crippen LogP contribution in [-0.2, 0) is 0 Å². The molecule has 4 heteroatoms. The average molecular weight is 294 g/mol. The Labute approximate surface area is 123 Å². The molecule has 0 saturated heterocycles. The molecule has 0 saturated carbocycles. The maximum atomic E-state index is 13.9. The number of hydrogen-bond acceptors (Lipinski definition) is 2. The number of anilines is 1. The van der Waals surface area contributed by atoms with Crippen molar-refractivity contribution in [3.63, 3.8) is 0 Å². The first-order chi connectivity index (χ1) is 9.65. The first kappa shape index (κ1) is 14.7. The minimum absolute atomic E-state index is 0.0953. The van der Waals surface area contributed by atoms with Crippen molar-refractivity contribution < 1.29 is 9.13 Å². The summed E-state index contributed by atoms with van der Waals surface area (Å²) in [6.07, 6.45) is 0.770. The van der Waals surface area contributed by atoms with E-state index in [1.807, 2.05) is 25.1 Å². The van der Waals surface area contributed by atoms with Crippen LogP contribution in [0, 0.1) is 5.82 Å².